The van der Waals surface area contributed by atoms with E-state index < -0.39 is 0 Å². The Morgan fingerprint density at radius 2 is 0.682 bits per heavy atom. The Labute approximate surface area is 279 Å². The fourth-order valence-corrected chi connectivity index (χ4v) is 5.94. The molecule has 0 atom stereocenters. The molecular weight excluding hydrogens is 534 g/mol. The Bertz CT molecular complexity index is 558. The Hall–Kier alpha value is -0.640. The second-order valence-corrected chi connectivity index (χ2v) is 13.7. The summed E-state index contributed by atoms with van der Waals surface area (Å²) in [6.07, 6.45) is 49.7. The van der Waals surface area contributed by atoms with Crippen LogP contribution < -0.4 is 10.6 Å². The van der Waals surface area contributed by atoms with Crippen LogP contribution in [0.15, 0.2) is 24.3 Å². The molecule has 0 heterocycles. The van der Waals surface area contributed by atoms with Crippen LogP contribution in [0.2, 0.25) is 0 Å². The Kier molecular flexibility index (Phi) is 39.8. The quantitative estimate of drug-likeness (QED) is 0.0410. The van der Waals surface area contributed by atoms with Crippen LogP contribution in [0.4, 0.5) is 0 Å². The summed E-state index contributed by atoms with van der Waals surface area (Å²) >= 11 is 0. The van der Waals surface area contributed by atoms with Crippen LogP contribution in [-0.4, -0.2) is 44.8 Å². The second kappa shape index (κ2) is 40.4. The van der Waals surface area contributed by atoms with Crippen LogP contribution >= 0.6 is 0 Å². The van der Waals surface area contributed by atoms with E-state index in [1.54, 1.807) is 0 Å². The number of hydrogen-bond donors (Lipinski definition) is 2. The molecule has 0 saturated carbocycles. The number of rotatable bonds is 38. The van der Waals surface area contributed by atoms with Gasteiger partial charge in [-0.3, -0.25) is 4.90 Å². The number of nitrogens with zero attached hydrogens (tertiary/aromatic N) is 1. The predicted molar refractivity (Wildman–Crippen MR) is 202 cm³/mol. The van der Waals surface area contributed by atoms with Crippen LogP contribution in [0.1, 0.15) is 200 Å². The van der Waals surface area contributed by atoms with Crippen molar-refractivity contribution in [2.75, 3.05) is 39.9 Å². The molecule has 0 aromatic rings. The van der Waals surface area contributed by atoms with Crippen molar-refractivity contribution < 1.29 is 0 Å². The molecule has 3 heteroatoms. The zero-order valence-corrected chi connectivity index (χ0v) is 30.8. The summed E-state index contributed by atoms with van der Waals surface area (Å²) < 4.78 is 0. The maximum absolute atomic E-state index is 3.66. The number of nitrogens with one attached hydrogen (secondary N) is 2. The lowest BCUT2D eigenvalue weighted by Crippen LogP contribution is -2.33. The highest BCUT2D eigenvalue weighted by Crippen LogP contribution is 2.11. The van der Waals surface area contributed by atoms with Crippen molar-refractivity contribution in [2.24, 2.45) is 0 Å². The summed E-state index contributed by atoms with van der Waals surface area (Å²) in [6.45, 7) is 10.3. The fourth-order valence-electron chi connectivity index (χ4n) is 5.94. The minimum Gasteiger partial charge on any atom is -0.317 e. The lowest BCUT2D eigenvalue weighted by Gasteiger charge is -2.17. The number of allylic oxidation sites excluding steroid dienone is 4. The minimum atomic E-state index is 1.03. The first-order valence-electron chi connectivity index (χ1n) is 20.2. The number of hydrogen-bond acceptors (Lipinski definition) is 3. The highest BCUT2D eigenvalue weighted by Gasteiger charge is 1.98. The third-order valence-corrected chi connectivity index (χ3v) is 9.01. The fraction of sp³-hybridized carbons (Fsp3) is 0.902. The largest absolute Gasteiger partial charge is 0.317 e. The molecule has 0 aliphatic carbocycles. The average molecular weight is 618 g/mol. The zero-order valence-electron chi connectivity index (χ0n) is 30.8. The van der Waals surface area contributed by atoms with E-state index in [1.165, 1.54) is 206 Å². The SMILES string of the molecule is CCCCCCCC/C=C/CCCCCCCCNCCCN(C)CNCCCCCCCC/C=C/CCCCCCCC. The van der Waals surface area contributed by atoms with Crippen molar-refractivity contribution in [3.8, 4) is 0 Å². The second-order valence-electron chi connectivity index (χ2n) is 13.7. The van der Waals surface area contributed by atoms with Crippen molar-refractivity contribution >= 4 is 0 Å². The summed E-state index contributed by atoms with van der Waals surface area (Å²) in [6, 6.07) is 0. The van der Waals surface area contributed by atoms with Crippen LogP contribution in [0.3, 0.4) is 0 Å². The average Bonchev–Trinajstić information content (AvgIpc) is 3.03. The summed E-state index contributed by atoms with van der Waals surface area (Å²) in [7, 11) is 2.25. The van der Waals surface area contributed by atoms with Gasteiger partial charge in [-0.1, -0.05) is 154 Å². The van der Waals surface area contributed by atoms with Gasteiger partial charge in [0.25, 0.3) is 0 Å². The summed E-state index contributed by atoms with van der Waals surface area (Å²) in [5.41, 5.74) is 0. The zero-order chi connectivity index (χ0) is 31.9. The van der Waals surface area contributed by atoms with E-state index in [4.69, 9.17) is 0 Å². The van der Waals surface area contributed by atoms with E-state index in [0.29, 0.717) is 0 Å². The van der Waals surface area contributed by atoms with Gasteiger partial charge in [-0.05, 0) is 97.3 Å². The molecule has 0 aromatic heterocycles. The molecule has 0 bridgehead atoms. The van der Waals surface area contributed by atoms with E-state index in [1.807, 2.05) is 0 Å². The maximum atomic E-state index is 3.66. The monoisotopic (exact) mass is 618 g/mol. The van der Waals surface area contributed by atoms with Gasteiger partial charge in [-0.25, -0.2) is 0 Å². The summed E-state index contributed by atoms with van der Waals surface area (Å²) in [5, 5.41) is 7.30. The van der Waals surface area contributed by atoms with Gasteiger partial charge in [-0.2, -0.15) is 0 Å². The molecule has 0 saturated heterocycles. The normalized spacial score (nSPS) is 12.1. The molecule has 44 heavy (non-hydrogen) atoms. The van der Waals surface area contributed by atoms with Crippen molar-refractivity contribution in [3.05, 3.63) is 24.3 Å². The molecule has 262 valence electrons. The third kappa shape index (κ3) is 39.4. The first-order chi connectivity index (χ1) is 21.8. The van der Waals surface area contributed by atoms with Crippen molar-refractivity contribution in [3.63, 3.8) is 0 Å². The molecule has 2 N–H and O–H groups in total. The highest BCUT2D eigenvalue weighted by molar-refractivity contribution is 4.82. The van der Waals surface area contributed by atoms with Gasteiger partial charge in [0, 0.05) is 13.2 Å². The third-order valence-electron chi connectivity index (χ3n) is 9.01. The topological polar surface area (TPSA) is 27.3 Å². The minimum absolute atomic E-state index is 1.03. The molecule has 0 radical (unpaired) electrons. The highest BCUT2D eigenvalue weighted by atomic mass is 15.2. The van der Waals surface area contributed by atoms with Gasteiger partial charge < -0.3 is 10.6 Å². The lowest BCUT2D eigenvalue weighted by molar-refractivity contribution is 0.299. The van der Waals surface area contributed by atoms with Crippen LogP contribution in [0.5, 0.6) is 0 Å². The van der Waals surface area contributed by atoms with Gasteiger partial charge >= 0.3 is 0 Å². The van der Waals surface area contributed by atoms with E-state index in [9.17, 15) is 0 Å². The van der Waals surface area contributed by atoms with Crippen LogP contribution in [0, 0.1) is 0 Å². The molecule has 0 fully saturated rings. The first-order valence-corrected chi connectivity index (χ1v) is 20.2. The van der Waals surface area contributed by atoms with Crippen LogP contribution in [-0.2, 0) is 0 Å². The molecule has 0 aliphatic heterocycles. The molecular formula is C41H83N3. The predicted octanol–water partition coefficient (Wildman–Crippen LogP) is 12.5. The summed E-state index contributed by atoms with van der Waals surface area (Å²) in [5.74, 6) is 0. The van der Waals surface area contributed by atoms with E-state index >= 15 is 0 Å². The van der Waals surface area contributed by atoms with Crippen LogP contribution in [0.25, 0.3) is 0 Å². The van der Waals surface area contributed by atoms with E-state index in [-0.39, 0.29) is 0 Å². The van der Waals surface area contributed by atoms with Crippen molar-refractivity contribution in [1.82, 2.24) is 15.5 Å². The molecule has 0 aromatic carbocycles. The lowest BCUT2D eigenvalue weighted by atomic mass is 10.1. The Morgan fingerprint density at radius 1 is 0.364 bits per heavy atom. The molecule has 0 unspecified atom stereocenters. The molecule has 0 amide bonds. The standard InChI is InChI=1S/C41H83N3/c1-4-6-8-10-12-14-16-18-20-22-24-26-28-30-32-34-37-42-39-36-40-44(3)41-43-38-35-33-31-29-27-25-23-21-19-17-15-13-11-9-7-5-2/h18-21,42-43H,4-17,22-41H2,1-3H3/b20-18+,21-19+. The van der Waals surface area contributed by atoms with Gasteiger partial charge in [0.05, 0.1) is 0 Å². The van der Waals surface area contributed by atoms with E-state index in [0.717, 1.165) is 13.2 Å². The number of unbranched alkanes of at least 4 members (excludes halogenated alkanes) is 24. The smallest absolute Gasteiger partial charge is 0.0477 e. The van der Waals surface area contributed by atoms with Gasteiger partial charge in [0.15, 0.2) is 0 Å². The van der Waals surface area contributed by atoms with Crippen molar-refractivity contribution in [2.45, 2.75) is 200 Å². The first kappa shape index (κ1) is 43.4. The van der Waals surface area contributed by atoms with E-state index in [2.05, 4.69) is 60.7 Å². The maximum Gasteiger partial charge on any atom is 0.0477 e. The van der Waals surface area contributed by atoms with Gasteiger partial charge in [0.2, 0.25) is 0 Å². The summed E-state index contributed by atoms with van der Waals surface area (Å²) in [4.78, 5) is 2.44. The Morgan fingerprint density at radius 3 is 1.09 bits per heavy atom. The molecule has 0 rings (SSSR count). The van der Waals surface area contributed by atoms with Gasteiger partial charge in [0.1, 0.15) is 0 Å². The van der Waals surface area contributed by atoms with Crippen molar-refractivity contribution in [1.29, 1.82) is 0 Å². The Balaban J connectivity index is 3.20. The molecule has 0 spiro atoms. The molecule has 0 aliphatic rings. The van der Waals surface area contributed by atoms with Gasteiger partial charge in [-0.15, -0.1) is 0 Å². The molecule has 3 nitrogen and oxygen atoms in total.